The molecule has 0 spiro atoms. The summed E-state index contributed by atoms with van der Waals surface area (Å²) in [4.78, 5) is 24.7. The molecule has 3 rings (SSSR count). The van der Waals surface area contributed by atoms with Crippen LogP contribution in [0.25, 0.3) is 11.0 Å². The Bertz CT molecular complexity index is 1140. The van der Waals surface area contributed by atoms with Crippen LogP contribution in [-0.2, 0) is 17.4 Å². The summed E-state index contributed by atoms with van der Waals surface area (Å²) in [6, 6.07) is 9.05. The minimum Gasteiger partial charge on any atom is -0.449 e. The third-order valence-corrected chi connectivity index (χ3v) is 4.22. The number of hydrogen-bond donors (Lipinski definition) is 1. The van der Waals surface area contributed by atoms with Crippen LogP contribution in [0.5, 0.6) is 17.2 Å². The maximum atomic E-state index is 13.6. The summed E-state index contributed by atoms with van der Waals surface area (Å²) in [7, 11) is 0. The van der Waals surface area contributed by atoms with E-state index in [-0.39, 0.29) is 29.3 Å². The average Bonchev–Trinajstić information content (AvgIpc) is 2.69. The van der Waals surface area contributed by atoms with E-state index in [0.29, 0.717) is 12.0 Å². The fourth-order valence-electron chi connectivity index (χ4n) is 2.71. The van der Waals surface area contributed by atoms with Crippen LogP contribution < -0.4 is 20.6 Å². The first kappa shape index (κ1) is 24.2. The van der Waals surface area contributed by atoms with Crippen molar-refractivity contribution in [2.24, 2.45) is 5.73 Å². The van der Waals surface area contributed by atoms with Crippen LogP contribution in [0.1, 0.15) is 25.2 Å². The molecule has 3 aromatic rings. The summed E-state index contributed by atoms with van der Waals surface area (Å²) in [6.07, 6.45) is -4.66. The maximum Gasteiger partial charge on any atom is 0.453 e. The molecule has 1 unspecified atom stereocenters. The van der Waals surface area contributed by atoms with Crippen molar-refractivity contribution in [3.8, 4) is 17.2 Å². The molecule has 1 aromatic heterocycles. The number of esters is 1. The van der Waals surface area contributed by atoms with Crippen LogP contribution in [0.15, 0.2) is 51.7 Å². The Balaban J connectivity index is 0.00000341. The van der Waals surface area contributed by atoms with Crippen molar-refractivity contribution < 1.29 is 31.9 Å². The van der Waals surface area contributed by atoms with Gasteiger partial charge >= 0.3 is 12.1 Å². The van der Waals surface area contributed by atoms with Crippen molar-refractivity contribution in [1.82, 2.24) is 0 Å². The van der Waals surface area contributed by atoms with Gasteiger partial charge in [-0.3, -0.25) is 4.79 Å². The van der Waals surface area contributed by atoms with Crippen LogP contribution in [-0.4, -0.2) is 12.0 Å². The molecule has 0 radical (unpaired) electrons. The summed E-state index contributed by atoms with van der Waals surface area (Å²) in [5, 5.41) is -0.133. The zero-order chi connectivity index (χ0) is 22.1. The lowest BCUT2D eigenvalue weighted by Crippen LogP contribution is -2.31. The number of nitrogens with two attached hydrogens (primary N) is 1. The standard InChI is InChI=1S/C21H18F3NO5.ClH/c1-3-12-9-14-16(10-15(12)30-20(27)11(2)25)29-19(21(22,23)24)18(17(14)26)28-13-7-5-4-6-8-13;/h4-11H,3,25H2,1-2H3;1H. The molecule has 31 heavy (non-hydrogen) atoms. The molecule has 0 saturated carbocycles. The van der Waals surface area contributed by atoms with E-state index in [1.165, 1.54) is 25.1 Å². The molecular formula is C21H19ClF3NO5. The Morgan fingerprint density at radius 1 is 1.19 bits per heavy atom. The number of alkyl halides is 3. The number of fused-ring (bicyclic) bond motifs is 1. The van der Waals surface area contributed by atoms with E-state index in [9.17, 15) is 22.8 Å². The molecule has 1 heterocycles. The van der Waals surface area contributed by atoms with Crippen molar-refractivity contribution >= 4 is 29.3 Å². The first-order valence-corrected chi connectivity index (χ1v) is 9.03. The molecule has 1 atom stereocenters. The monoisotopic (exact) mass is 457 g/mol. The van der Waals surface area contributed by atoms with Crippen LogP contribution in [0.3, 0.4) is 0 Å². The van der Waals surface area contributed by atoms with Crippen LogP contribution in [0, 0.1) is 0 Å². The molecule has 0 fully saturated rings. The molecular weight excluding hydrogens is 439 g/mol. The highest BCUT2D eigenvalue weighted by Crippen LogP contribution is 2.39. The number of para-hydroxylation sites is 1. The summed E-state index contributed by atoms with van der Waals surface area (Å²) in [5.74, 6) is -3.30. The van der Waals surface area contributed by atoms with Gasteiger partial charge in [0.2, 0.25) is 11.2 Å². The van der Waals surface area contributed by atoms with Gasteiger partial charge in [0.05, 0.1) is 5.39 Å². The molecule has 0 aliphatic heterocycles. The quantitative estimate of drug-likeness (QED) is 0.435. The molecule has 0 amide bonds. The Kier molecular flexibility index (Phi) is 7.35. The number of carbonyl (C=O) groups excluding carboxylic acids is 1. The third-order valence-electron chi connectivity index (χ3n) is 4.22. The molecule has 0 bridgehead atoms. The topological polar surface area (TPSA) is 91.8 Å². The second-order valence-corrected chi connectivity index (χ2v) is 6.52. The SMILES string of the molecule is CCc1cc2c(=O)c(Oc3ccccc3)c(C(F)(F)F)oc2cc1OC(=O)C(C)N.Cl. The van der Waals surface area contributed by atoms with Crippen molar-refractivity contribution in [2.75, 3.05) is 0 Å². The zero-order valence-corrected chi connectivity index (χ0v) is 17.3. The lowest BCUT2D eigenvalue weighted by Gasteiger charge is -2.15. The lowest BCUT2D eigenvalue weighted by atomic mass is 10.1. The Labute approximate surface area is 181 Å². The molecule has 166 valence electrons. The van der Waals surface area contributed by atoms with Crippen molar-refractivity contribution in [3.05, 3.63) is 64.0 Å². The van der Waals surface area contributed by atoms with E-state index in [4.69, 9.17) is 19.6 Å². The molecule has 2 N–H and O–H groups in total. The van der Waals surface area contributed by atoms with E-state index in [2.05, 4.69) is 0 Å². The van der Waals surface area contributed by atoms with Gasteiger partial charge < -0.3 is 19.6 Å². The molecule has 0 saturated heterocycles. The second kappa shape index (κ2) is 9.40. The minimum atomic E-state index is -5.00. The second-order valence-electron chi connectivity index (χ2n) is 6.52. The number of benzene rings is 2. The van der Waals surface area contributed by atoms with Gasteiger partial charge in [-0.2, -0.15) is 13.2 Å². The van der Waals surface area contributed by atoms with Crippen molar-refractivity contribution in [2.45, 2.75) is 32.5 Å². The Morgan fingerprint density at radius 2 is 1.84 bits per heavy atom. The van der Waals surface area contributed by atoms with E-state index in [0.717, 1.165) is 6.07 Å². The smallest absolute Gasteiger partial charge is 0.449 e. The number of rotatable bonds is 5. The average molecular weight is 458 g/mol. The van der Waals surface area contributed by atoms with E-state index < -0.39 is 40.7 Å². The van der Waals surface area contributed by atoms with Crippen molar-refractivity contribution in [3.63, 3.8) is 0 Å². The Morgan fingerprint density at radius 3 is 2.39 bits per heavy atom. The predicted octanol–water partition coefficient (Wildman–Crippen LogP) is 4.84. The number of halogens is 4. The molecule has 10 heteroatoms. The molecule has 6 nitrogen and oxygen atoms in total. The summed E-state index contributed by atoms with van der Waals surface area (Å²) < 4.78 is 56.2. The molecule has 2 aromatic carbocycles. The van der Waals surface area contributed by atoms with Gasteiger partial charge in [-0.25, -0.2) is 4.79 Å². The Hall–Kier alpha value is -3.04. The highest BCUT2D eigenvalue weighted by molar-refractivity contribution is 5.85. The van der Waals surface area contributed by atoms with Crippen LogP contribution in [0.2, 0.25) is 0 Å². The van der Waals surface area contributed by atoms with E-state index in [1.807, 2.05) is 0 Å². The van der Waals surface area contributed by atoms with Gasteiger partial charge in [-0.1, -0.05) is 25.1 Å². The highest BCUT2D eigenvalue weighted by atomic mass is 35.5. The van der Waals surface area contributed by atoms with E-state index in [1.54, 1.807) is 25.1 Å². The highest BCUT2D eigenvalue weighted by Gasteiger charge is 2.40. The number of aryl methyl sites for hydroxylation is 1. The predicted molar refractivity (Wildman–Crippen MR) is 110 cm³/mol. The fraction of sp³-hybridized carbons (Fsp3) is 0.238. The van der Waals surface area contributed by atoms with Gasteiger partial charge in [-0.15, -0.1) is 12.4 Å². The first-order chi connectivity index (χ1) is 14.1. The molecule has 0 aliphatic carbocycles. The van der Waals surface area contributed by atoms with Gasteiger partial charge in [-0.05, 0) is 37.1 Å². The van der Waals surface area contributed by atoms with Gasteiger partial charge in [0, 0.05) is 6.07 Å². The number of hydrogen-bond acceptors (Lipinski definition) is 6. The van der Waals surface area contributed by atoms with Gasteiger partial charge in [0.1, 0.15) is 23.1 Å². The first-order valence-electron chi connectivity index (χ1n) is 9.03. The van der Waals surface area contributed by atoms with Gasteiger partial charge in [0.25, 0.3) is 5.76 Å². The normalized spacial score (nSPS) is 12.2. The summed E-state index contributed by atoms with van der Waals surface area (Å²) in [5.41, 5.74) is 4.51. The van der Waals surface area contributed by atoms with Crippen molar-refractivity contribution in [1.29, 1.82) is 0 Å². The van der Waals surface area contributed by atoms with Gasteiger partial charge in [0.15, 0.2) is 0 Å². The molecule has 0 aliphatic rings. The summed E-state index contributed by atoms with van der Waals surface area (Å²) in [6.45, 7) is 3.14. The van der Waals surface area contributed by atoms with Crippen LogP contribution >= 0.6 is 12.4 Å². The zero-order valence-electron chi connectivity index (χ0n) is 16.5. The fourth-order valence-corrected chi connectivity index (χ4v) is 2.71. The summed E-state index contributed by atoms with van der Waals surface area (Å²) >= 11 is 0. The maximum absolute atomic E-state index is 13.6. The number of ether oxygens (including phenoxy) is 2. The van der Waals surface area contributed by atoms with E-state index >= 15 is 0 Å². The largest absolute Gasteiger partial charge is 0.453 e. The lowest BCUT2D eigenvalue weighted by molar-refractivity contribution is -0.154. The number of carbonyl (C=O) groups is 1. The third kappa shape index (κ3) is 5.18. The van der Waals surface area contributed by atoms with Crippen LogP contribution in [0.4, 0.5) is 13.2 Å². The minimum absolute atomic E-state index is 0.